The van der Waals surface area contributed by atoms with Gasteiger partial charge in [0.1, 0.15) is 0 Å². The van der Waals surface area contributed by atoms with Gasteiger partial charge in [-0.25, -0.2) is 0 Å². The third-order valence-corrected chi connectivity index (χ3v) is 4.65. The maximum Gasteiger partial charge on any atom is 0.220 e. The molecule has 1 amide bonds. The third-order valence-electron chi connectivity index (χ3n) is 4.65. The molecule has 118 valence electrons. The van der Waals surface area contributed by atoms with Crippen molar-refractivity contribution < 1.29 is 4.79 Å². The number of piperidine rings is 1. The van der Waals surface area contributed by atoms with Crippen LogP contribution in [-0.2, 0) is 4.79 Å². The highest BCUT2D eigenvalue weighted by Gasteiger charge is 2.18. The van der Waals surface area contributed by atoms with E-state index < -0.39 is 0 Å². The summed E-state index contributed by atoms with van der Waals surface area (Å²) < 4.78 is 0. The van der Waals surface area contributed by atoms with E-state index in [1.165, 1.54) is 12.8 Å². The van der Waals surface area contributed by atoms with Crippen LogP contribution in [0.5, 0.6) is 0 Å². The topological polar surface area (TPSA) is 58.4 Å². The number of nitrogens with zero attached hydrogens (tertiary/aromatic N) is 1. The van der Waals surface area contributed by atoms with Crippen LogP contribution < -0.4 is 11.1 Å². The molecule has 4 nitrogen and oxygen atoms in total. The van der Waals surface area contributed by atoms with Crippen LogP contribution in [0.3, 0.4) is 0 Å². The first-order valence-corrected chi connectivity index (χ1v) is 8.18. The molecule has 1 fully saturated rings. The molecule has 1 heterocycles. The van der Waals surface area contributed by atoms with Gasteiger partial charge in [0, 0.05) is 13.0 Å². The number of hydrogen-bond acceptors (Lipinski definition) is 3. The minimum atomic E-state index is 0.214. The third kappa shape index (κ3) is 6.71. The lowest BCUT2D eigenvalue weighted by molar-refractivity contribution is -0.121. The zero-order valence-corrected chi connectivity index (χ0v) is 13.5. The van der Waals surface area contributed by atoms with Gasteiger partial charge < -0.3 is 16.0 Å². The summed E-state index contributed by atoms with van der Waals surface area (Å²) in [7, 11) is 2.16. The normalized spacial score (nSPS) is 19.2. The molecule has 0 spiro atoms. The summed E-state index contributed by atoms with van der Waals surface area (Å²) in [6, 6.07) is 0. The van der Waals surface area contributed by atoms with Gasteiger partial charge in [-0.2, -0.15) is 0 Å². The summed E-state index contributed by atoms with van der Waals surface area (Å²) in [6.45, 7) is 8.34. The molecule has 1 atom stereocenters. The smallest absolute Gasteiger partial charge is 0.220 e. The summed E-state index contributed by atoms with van der Waals surface area (Å²) >= 11 is 0. The van der Waals surface area contributed by atoms with Crippen LogP contribution in [0, 0.1) is 17.8 Å². The molecule has 1 rings (SSSR count). The predicted molar refractivity (Wildman–Crippen MR) is 84.5 cm³/mol. The van der Waals surface area contributed by atoms with Crippen molar-refractivity contribution >= 4 is 5.91 Å². The van der Waals surface area contributed by atoms with E-state index in [2.05, 4.69) is 31.1 Å². The highest BCUT2D eigenvalue weighted by molar-refractivity contribution is 5.75. The van der Waals surface area contributed by atoms with Crippen LogP contribution in [0.2, 0.25) is 0 Å². The van der Waals surface area contributed by atoms with Gasteiger partial charge in [0.2, 0.25) is 5.91 Å². The SMILES string of the molecule is CC(C)C(CCN)CCC(=O)NCC1CCN(C)CC1. The number of nitrogens with one attached hydrogen (secondary N) is 1. The van der Waals surface area contributed by atoms with Gasteiger partial charge in [0.05, 0.1) is 0 Å². The Balaban J connectivity index is 2.16. The molecule has 0 radical (unpaired) electrons. The molecule has 0 aliphatic carbocycles. The average Bonchev–Trinajstić information content (AvgIpc) is 2.42. The molecule has 3 N–H and O–H groups in total. The van der Waals surface area contributed by atoms with E-state index in [-0.39, 0.29) is 5.91 Å². The van der Waals surface area contributed by atoms with Crippen molar-refractivity contribution in [2.45, 2.75) is 46.0 Å². The molecule has 0 aromatic rings. The van der Waals surface area contributed by atoms with Crippen molar-refractivity contribution in [3.63, 3.8) is 0 Å². The Labute approximate surface area is 124 Å². The number of carbonyl (C=O) groups excluding carboxylic acids is 1. The Morgan fingerprint density at radius 3 is 2.50 bits per heavy atom. The average molecular weight is 283 g/mol. The van der Waals surface area contributed by atoms with Crippen molar-refractivity contribution in [1.29, 1.82) is 0 Å². The van der Waals surface area contributed by atoms with E-state index in [9.17, 15) is 4.79 Å². The van der Waals surface area contributed by atoms with Gasteiger partial charge in [-0.05, 0) is 70.1 Å². The summed E-state index contributed by atoms with van der Waals surface area (Å²) in [5.74, 6) is 2.07. The number of carbonyl (C=O) groups is 1. The van der Waals surface area contributed by atoms with E-state index in [0.717, 1.165) is 39.0 Å². The molecular weight excluding hydrogens is 250 g/mol. The minimum absolute atomic E-state index is 0.214. The molecule has 20 heavy (non-hydrogen) atoms. The van der Waals surface area contributed by atoms with Crippen LogP contribution >= 0.6 is 0 Å². The van der Waals surface area contributed by atoms with Crippen molar-refractivity contribution in [3.8, 4) is 0 Å². The zero-order valence-electron chi connectivity index (χ0n) is 13.5. The number of rotatable bonds is 8. The minimum Gasteiger partial charge on any atom is -0.356 e. The number of nitrogens with two attached hydrogens (primary N) is 1. The van der Waals surface area contributed by atoms with E-state index in [1.807, 2.05) is 0 Å². The second kappa shape index (κ2) is 9.35. The van der Waals surface area contributed by atoms with Crippen molar-refractivity contribution in [1.82, 2.24) is 10.2 Å². The van der Waals surface area contributed by atoms with Crippen LogP contribution in [0.4, 0.5) is 0 Å². The van der Waals surface area contributed by atoms with E-state index >= 15 is 0 Å². The summed E-state index contributed by atoms with van der Waals surface area (Å²) in [4.78, 5) is 14.3. The van der Waals surface area contributed by atoms with Gasteiger partial charge in [-0.3, -0.25) is 4.79 Å². The van der Waals surface area contributed by atoms with Gasteiger partial charge >= 0.3 is 0 Å². The molecule has 1 aliphatic heterocycles. The molecule has 1 unspecified atom stereocenters. The van der Waals surface area contributed by atoms with Gasteiger partial charge in [0.15, 0.2) is 0 Å². The first-order chi connectivity index (χ1) is 9.52. The fourth-order valence-corrected chi connectivity index (χ4v) is 2.95. The van der Waals surface area contributed by atoms with Gasteiger partial charge in [-0.15, -0.1) is 0 Å². The maximum atomic E-state index is 11.9. The van der Waals surface area contributed by atoms with Crippen molar-refractivity contribution in [2.75, 3.05) is 33.2 Å². The van der Waals surface area contributed by atoms with E-state index in [1.54, 1.807) is 0 Å². The number of likely N-dealkylation sites (tertiary alicyclic amines) is 1. The molecular formula is C16H33N3O. The molecule has 0 bridgehead atoms. The lowest BCUT2D eigenvalue weighted by atomic mass is 9.88. The summed E-state index contributed by atoms with van der Waals surface area (Å²) in [6.07, 6.45) is 5.06. The lowest BCUT2D eigenvalue weighted by Gasteiger charge is -2.29. The Morgan fingerprint density at radius 2 is 1.95 bits per heavy atom. The Hall–Kier alpha value is -0.610. The molecule has 0 saturated carbocycles. The van der Waals surface area contributed by atoms with Crippen LogP contribution in [-0.4, -0.2) is 44.0 Å². The molecule has 1 aliphatic rings. The Kier molecular flexibility index (Phi) is 8.15. The van der Waals surface area contributed by atoms with Crippen molar-refractivity contribution in [2.24, 2.45) is 23.5 Å². The summed E-state index contributed by atoms with van der Waals surface area (Å²) in [5, 5.41) is 3.11. The lowest BCUT2D eigenvalue weighted by Crippen LogP contribution is -2.37. The molecule has 1 saturated heterocycles. The highest BCUT2D eigenvalue weighted by atomic mass is 16.1. The molecule has 0 aromatic carbocycles. The number of hydrogen-bond donors (Lipinski definition) is 2. The summed E-state index contributed by atoms with van der Waals surface area (Å²) in [5.41, 5.74) is 5.64. The van der Waals surface area contributed by atoms with E-state index in [4.69, 9.17) is 5.73 Å². The number of amides is 1. The Bertz CT molecular complexity index is 273. The maximum absolute atomic E-state index is 11.9. The van der Waals surface area contributed by atoms with E-state index in [0.29, 0.717) is 24.2 Å². The fraction of sp³-hybridized carbons (Fsp3) is 0.938. The zero-order chi connectivity index (χ0) is 15.0. The molecule has 4 heteroatoms. The fourth-order valence-electron chi connectivity index (χ4n) is 2.95. The second-order valence-electron chi connectivity index (χ2n) is 6.67. The standard InChI is InChI=1S/C16H33N3O/c1-13(2)15(6-9-17)4-5-16(20)18-12-14-7-10-19(3)11-8-14/h13-15H,4-12,17H2,1-3H3,(H,18,20). The van der Waals surface area contributed by atoms with Crippen molar-refractivity contribution in [3.05, 3.63) is 0 Å². The first-order valence-electron chi connectivity index (χ1n) is 8.18. The largest absolute Gasteiger partial charge is 0.356 e. The quantitative estimate of drug-likeness (QED) is 0.715. The second-order valence-corrected chi connectivity index (χ2v) is 6.67. The van der Waals surface area contributed by atoms with Gasteiger partial charge in [0.25, 0.3) is 0 Å². The first kappa shape index (κ1) is 17.4. The monoisotopic (exact) mass is 283 g/mol. The molecule has 0 aromatic heterocycles. The Morgan fingerprint density at radius 1 is 1.30 bits per heavy atom. The highest BCUT2D eigenvalue weighted by Crippen LogP contribution is 2.20. The van der Waals surface area contributed by atoms with Crippen LogP contribution in [0.25, 0.3) is 0 Å². The van der Waals surface area contributed by atoms with Crippen LogP contribution in [0.15, 0.2) is 0 Å². The van der Waals surface area contributed by atoms with Crippen LogP contribution in [0.1, 0.15) is 46.0 Å². The predicted octanol–water partition coefficient (Wildman–Crippen LogP) is 1.85. The van der Waals surface area contributed by atoms with Gasteiger partial charge in [-0.1, -0.05) is 13.8 Å².